The van der Waals surface area contributed by atoms with Gasteiger partial charge in [-0.05, 0) is 11.6 Å². The van der Waals surface area contributed by atoms with Crippen LogP contribution in [0.5, 0.6) is 11.5 Å². The summed E-state index contributed by atoms with van der Waals surface area (Å²) in [5.41, 5.74) is 3.54. The zero-order valence-electron chi connectivity index (χ0n) is 14.5. The number of carbonyl (C=O) groups is 2. The number of benzene rings is 2. The number of ether oxygens (including phenoxy) is 1. The van der Waals surface area contributed by atoms with Gasteiger partial charge in [0.25, 0.3) is 5.91 Å². The number of methoxy groups -OCH3 is 1. The molecule has 2 aromatic carbocycles. The highest BCUT2D eigenvalue weighted by Gasteiger charge is 2.40. The molecule has 3 N–H and O–H groups in total. The largest absolute Gasteiger partial charge is 0.504 e. The highest BCUT2D eigenvalue weighted by molar-refractivity contribution is 6.31. The molecule has 0 aromatic heterocycles. The number of amides is 2. The normalized spacial score (nSPS) is 19.1. The highest BCUT2D eigenvalue weighted by Crippen LogP contribution is 2.32. The van der Waals surface area contributed by atoms with E-state index >= 15 is 0 Å². The lowest BCUT2D eigenvalue weighted by Gasteiger charge is -2.15. The molecule has 2 atom stereocenters. The summed E-state index contributed by atoms with van der Waals surface area (Å²) in [6, 6.07) is 12.3. The van der Waals surface area contributed by atoms with E-state index in [-0.39, 0.29) is 28.9 Å². The van der Waals surface area contributed by atoms with Crippen LogP contribution in [0.3, 0.4) is 0 Å². The first kappa shape index (κ1) is 18.7. The lowest BCUT2D eigenvalue weighted by atomic mass is 9.88. The third-order valence-electron chi connectivity index (χ3n) is 4.36. The van der Waals surface area contributed by atoms with E-state index in [0.29, 0.717) is 11.6 Å². The number of phenolic OH excluding ortho intramolecular Hbond substituents is 1. The number of hydrogen-bond donors (Lipinski definition) is 3. The molecule has 7 nitrogen and oxygen atoms in total. The van der Waals surface area contributed by atoms with Crippen molar-refractivity contribution in [2.75, 3.05) is 13.7 Å². The van der Waals surface area contributed by atoms with Crippen LogP contribution >= 0.6 is 11.6 Å². The molecule has 1 aliphatic rings. The van der Waals surface area contributed by atoms with Gasteiger partial charge in [-0.1, -0.05) is 41.9 Å². The van der Waals surface area contributed by atoms with Crippen LogP contribution in [0.15, 0.2) is 47.6 Å². The number of halogens is 1. The molecule has 0 unspecified atom stereocenters. The highest BCUT2D eigenvalue weighted by atomic mass is 35.5. The molecule has 1 aliphatic heterocycles. The van der Waals surface area contributed by atoms with Gasteiger partial charge in [0.1, 0.15) is 5.92 Å². The molecule has 1 heterocycles. The lowest BCUT2D eigenvalue weighted by Crippen LogP contribution is -2.34. The summed E-state index contributed by atoms with van der Waals surface area (Å²) >= 11 is 5.96. The smallest absolute Gasteiger partial charge is 0.253 e. The second-order valence-electron chi connectivity index (χ2n) is 6.02. The lowest BCUT2D eigenvalue weighted by molar-refractivity contribution is -0.133. The Morgan fingerprint density at radius 2 is 2.11 bits per heavy atom. The minimum atomic E-state index is -0.882. The Bertz CT molecular complexity index is 886. The van der Waals surface area contributed by atoms with Crippen LogP contribution in [-0.4, -0.2) is 36.8 Å². The molecular weight excluding hydrogens is 370 g/mol. The minimum absolute atomic E-state index is 0.152. The van der Waals surface area contributed by atoms with E-state index in [1.807, 2.05) is 30.3 Å². The molecule has 3 rings (SSSR count). The molecule has 1 saturated heterocycles. The van der Waals surface area contributed by atoms with Crippen LogP contribution in [-0.2, 0) is 9.59 Å². The zero-order valence-corrected chi connectivity index (χ0v) is 15.2. The maximum Gasteiger partial charge on any atom is 0.253 e. The van der Waals surface area contributed by atoms with E-state index in [4.69, 9.17) is 16.3 Å². The average molecular weight is 388 g/mol. The van der Waals surface area contributed by atoms with Crippen molar-refractivity contribution in [3.05, 3.63) is 58.6 Å². The Kier molecular flexibility index (Phi) is 5.61. The predicted molar refractivity (Wildman–Crippen MR) is 101 cm³/mol. The van der Waals surface area contributed by atoms with Gasteiger partial charge in [-0.2, -0.15) is 5.10 Å². The summed E-state index contributed by atoms with van der Waals surface area (Å²) in [4.78, 5) is 24.6. The van der Waals surface area contributed by atoms with Crippen molar-refractivity contribution in [1.82, 2.24) is 10.7 Å². The molecule has 140 valence electrons. The molecular formula is C19H18ClN3O4. The van der Waals surface area contributed by atoms with Gasteiger partial charge >= 0.3 is 0 Å². The first-order valence-corrected chi connectivity index (χ1v) is 8.61. The van der Waals surface area contributed by atoms with Crippen molar-refractivity contribution in [2.45, 2.75) is 5.92 Å². The molecule has 0 aliphatic carbocycles. The Balaban J connectivity index is 1.74. The summed E-state index contributed by atoms with van der Waals surface area (Å²) < 4.78 is 5.02. The Morgan fingerprint density at radius 1 is 1.37 bits per heavy atom. The van der Waals surface area contributed by atoms with Gasteiger partial charge in [0.05, 0.1) is 13.3 Å². The molecule has 27 heavy (non-hydrogen) atoms. The quantitative estimate of drug-likeness (QED) is 0.415. The summed E-state index contributed by atoms with van der Waals surface area (Å²) in [6.07, 6.45) is 1.24. The van der Waals surface area contributed by atoms with Crippen LogP contribution in [0.25, 0.3) is 0 Å². The number of hydrogen-bond acceptors (Lipinski definition) is 5. The second-order valence-corrected chi connectivity index (χ2v) is 6.46. The van der Waals surface area contributed by atoms with Gasteiger partial charge in [-0.15, -0.1) is 0 Å². The van der Waals surface area contributed by atoms with E-state index in [1.54, 1.807) is 0 Å². The minimum Gasteiger partial charge on any atom is -0.504 e. The van der Waals surface area contributed by atoms with E-state index in [9.17, 15) is 14.7 Å². The number of rotatable bonds is 5. The third-order valence-corrected chi connectivity index (χ3v) is 4.58. The van der Waals surface area contributed by atoms with E-state index in [2.05, 4.69) is 15.8 Å². The van der Waals surface area contributed by atoms with Gasteiger partial charge in [0, 0.05) is 29.1 Å². The molecule has 0 saturated carbocycles. The number of carbonyl (C=O) groups excluding carboxylic acids is 2. The molecule has 0 spiro atoms. The number of phenols is 1. The molecule has 8 heteroatoms. The first-order chi connectivity index (χ1) is 13.0. The monoisotopic (exact) mass is 387 g/mol. The van der Waals surface area contributed by atoms with Crippen LogP contribution in [0.1, 0.15) is 17.0 Å². The Labute approximate surface area is 161 Å². The number of aromatic hydroxyl groups is 1. The van der Waals surface area contributed by atoms with Crippen LogP contribution in [0.2, 0.25) is 5.02 Å². The van der Waals surface area contributed by atoms with Gasteiger partial charge in [-0.25, -0.2) is 5.43 Å². The number of nitrogens with one attached hydrogen (secondary N) is 2. The standard InChI is InChI=1S/C19H18ClN3O4/c1-27-15-8-13(20)7-12(17(15)24)9-22-23-19(26)16-14(10-21-18(16)25)11-5-3-2-4-6-11/h2-9,14,16,24H,10H2,1H3,(H,21,25)(H,23,26)/b22-9+/t14-,16+/m1/s1. The topological polar surface area (TPSA) is 100 Å². The maximum atomic E-state index is 12.5. The molecule has 2 amide bonds. The van der Waals surface area contributed by atoms with Crippen LogP contribution in [0.4, 0.5) is 0 Å². The molecule has 1 fully saturated rings. The van der Waals surface area contributed by atoms with Gasteiger partial charge in [0.2, 0.25) is 5.91 Å². The van der Waals surface area contributed by atoms with Crippen LogP contribution in [0, 0.1) is 5.92 Å². The van der Waals surface area contributed by atoms with Crippen molar-refractivity contribution in [3.63, 3.8) is 0 Å². The predicted octanol–water partition coefficient (Wildman–Crippen LogP) is 2.03. The van der Waals surface area contributed by atoms with Crippen LogP contribution < -0.4 is 15.5 Å². The van der Waals surface area contributed by atoms with E-state index in [1.165, 1.54) is 25.5 Å². The van der Waals surface area contributed by atoms with Crippen molar-refractivity contribution in [1.29, 1.82) is 0 Å². The fraction of sp³-hybridized carbons (Fsp3) is 0.211. The van der Waals surface area contributed by atoms with E-state index < -0.39 is 11.8 Å². The number of hydrazone groups is 1. The summed E-state index contributed by atoms with van der Waals surface area (Å²) in [6.45, 7) is 0.386. The zero-order chi connectivity index (χ0) is 19.4. The Morgan fingerprint density at radius 3 is 2.81 bits per heavy atom. The van der Waals surface area contributed by atoms with Gasteiger partial charge in [0.15, 0.2) is 11.5 Å². The summed E-state index contributed by atoms with van der Waals surface area (Å²) in [5.74, 6) is -1.98. The van der Waals surface area contributed by atoms with Crippen molar-refractivity contribution in [3.8, 4) is 11.5 Å². The van der Waals surface area contributed by atoms with Crippen molar-refractivity contribution >= 4 is 29.6 Å². The fourth-order valence-corrected chi connectivity index (χ4v) is 3.23. The third kappa shape index (κ3) is 4.03. The van der Waals surface area contributed by atoms with E-state index in [0.717, 1.165) is 5.56 Å². The second kappa shape index (κ2) is 8.09. The average Bonchev–Trinajstić information content (AvgIpc) is 3.06. The van der Waals surface area contributed by atoms with Crippen molar-refractivity contribution in [2.24, 2.45) is 11.0 Å². The van der Waals surface area contributed by atoms with Gasteiger partial charge < -0.3 is 15.2 Å². The summed E-state index contributed by atoms with van der Waals surface area (Å²) in [7, 11) is 1.40. The maximum absolute atomic E-state index is 12.5. The SMILES string of the molecule is COc1cc(Cl)cc(/C=N/NC(=O)[C@@H]2C(=O)NC[C@@H]2c2ccccc2)c1O. The summed E-state index contributed by atoms with van der Waals surface area (Å²) in [5, 5.41) is 17.0. The fourth-order valence-electron chi connectivity index (χ4n) is 3.02. The molecule has 2 aromatic rings. The molecule has 0 radical (unpaired) electrons. The first-order valence-electron chi connectivity index (χ1n) is 8.23. The van der Waals surface area contributed by atoms with Gasteiger partial charge in [-0.3, -0.25) is 9.59 Å². The van der Waals surface area contributed by atoms with Crippen molar-refractivity contribution < 1.29 is 19.4 Å². The number of nitrogens with zero attached hydrogens (tertiary/aromatic N) is 1. The molecule has 0 bridgehead atoms. The Hall–Kier alpha value is -3.06.